The Labute approximate surface area is 138 Å². The Morgan fingerprint density at radius 1 is 1.04 bits per heavy atom. The van der Waals surface area contributed by atoms with Crippen molar-refractivity contribution in [2.24, 2.45) is 0 Å². The highest BCUT2D eigenvalue weighted by Gasteiger charge is 2.23. The van der Waals surface area contributed by atoms with E-state index in [0.29, 0.717) is 26.1 Å². The van der Waals surface area contributed by atoms with Crippen LogP contribution in [0, 0.1) is 13.8 Å². The fourth-order valence-electron chi connectivity index (χ4n) is 3.01. The van der Waals surface area contributed by atoms with Crippen LogP contribution in [-0.2, 0) is 4.79 Å². The summed E-state index contributed by atoms with van der Waals surface area (Å²) in [5.74, 6) is 1.00. The second kappa shape index (κ2) is 7.49. The lowest BCUT2D eigenvalue weighted by Gasteiger charge is -2.23. The number of hydrogen-bond acceptors (Lipinski definition) is 3. The second-order valence-electron chi connectivity index (χ2n) is 5.95. The Bertz CT molecular complexity index is 598. The number of amides is 2. The van der Waals surface area contributed by atoms with E-state index in [9.17, 15) is 9.59 Å². The van der Waals surface area contributed by atoms with E-state index in [1.165, 1.54) is 0 Å². The summed E-state index contributed by atoms with van der Waals surface area (Å²) in [7, 11) is 1.64. The molecule has 0 N–H and O–H groups in total. The lowest BCUT2D eigenvalue weighted by molar-refractivity contribution is -0.130. The zero-order chi connectivity index (χ0) is 17.0. The Balaban J connectivity index is 2.15. The Hall–Kier alpha value is -2.04. The summed E-state index contributed by atoms with van der Waals surface area (Å²) in [5.41, 5.74) is 2.68. The van der Waals surface area contributed by atoms with Gasteiger partial charge in [0, 0.05) is 38.2 Å². The van der Waals surface area contributed by atoms with E-state index in [2.05, 4.69) is 0 Å². The van der Waals surface area contributed by atoms with E-state index in [1.807, 2.05) is 42.7 Å². The van der Waals surface area contributed by atoms with E-state index >= 15 is 0 Å². The SMILES string of the molecule is CCC(=O)N1CCCN(C(=O)c2ccc(OC)c(C)c2C)CC1. The first-order chi connectivity index (χ1) is 11.0. The standard InChI is InChI=1S/C18H26N2O3/c1-5-17(21)19-9-6-10-20(12-11-19)18(22)15-7-8-16(23-4)14(3)13(15)2/h7-8H,5-6,9-12H2,1-4H3. The maximum absolute atomic E-state index is 12.9. The molecule has 0 aliphatic carbocycles. The molecule has 0 bridgehead atoms. The zero-order valence-electron chi connectivity index (χ0n) is 14.5. The molecule has 0 radical (unpaired) electrons. The molecule has 5 heteroatoms. The van der Waals surface area contributed by atoms with E-state index < -0.39 is 0 Å². The van der Waals surface area contributed by atoms with Crippen LogP contribution in [0.25, 0.3) is 0 Å². The lowest BCUT2D eigenvalue weighted by Crippen LogP contribution is -2.37. The van der Waals surface area contributed by atoms with Crippen molar-refractivity contribution >= 4 is 11.8 Å². The van der Waals surface area contributed by atoms with Crippen molar-refractivity contribution in [2.45, 2.75) is 33.6 Å². The van der Waals surface area contributed by atoms with Gasteiger partial charge in [0.15, 0.2) is 0 Å². The molecule has 1 heterocycles. The van der Waals surface area contributed by atoms with Crippen molar-refractivity contribution in [1.82, 2.24) is 9.80 Å². The van der Waals surface area contributed by atoms with Gasteiger partial charge in [-0.25, -0.2) is 0 Å². The molecule has 2 rings (SSSR count). The number of hydrogen-bond donors (Lipinski definition) is 0. The van der Waals surface area contributed by atoms with Gasteiger partial charge in [-0.3, -0.25) is 9.59 Å². The molecular weight excluding hydrogens is 292 g/mol. The van der Waals surface area contributed by atoms with Crippen LogP contribution in [-0.4, -0.2) is 54.9 Å². The van der Waals surface area contributed by atoms with Crippen LogP contribution in [0.15, 0.2) is 12.1 Å². The number of ether oxygens (including phenoxy) is 1. The molecule has 0 atom stereocenters. The van der Waals surface area contributed by atoms with E-state index in [-0.39, 0.29) is 11.8 Å². The van der Waals surface area contributed by atoms with Gasteiger partial charge in [-0.05, 0) is 43.5 Å². The van der Waals surface area contributed by atoms with Crippen LogP contribution in [0.2, 0.25) is 0 Å². The third-order valence-electron chi connectivity index (χ3n) is 4.63. The Morgan fingerprint density at radius 3 is 2.35 bits per heavy atom. The molecule has 0 unspecified atom stereocenters. The van der Waals surface area contributed by atoms with Gasteiger partial charge < -0.3 is 14.5 Å². The molecule has 1 aromatic carbocycles. The van der Waals surface area contributed by atoms with Gasteiger partial charge in [0.2, 0.25) is 5.91 Å². The third kappa shape index (κ3) is 3.66. The van der Waals surface area contributed by atoms with Gasteiger partial charge in [0.25, 0.3) is 5.91 Å². The predicted octanol–water partition coefficient (Wildman–Crippen LogP) is 2.40. The molecule has 23 heavy (non-hydrogen) atoms. The van der Waals surface area contributed by atoms with Crippen LogP contribution >= 0.6 is 0 Å². The maximum Gasteiger partial charge on any atom is 0.254 e. The molecule has 5 nitrogen and oxygen atoms in total. The minimum atomic E-state index is 0.0408. The number of nitrogens with zero attached hydrogens (tertiary/aromatic N) is 2. The van der Waals surface area contributed by atoms with Crippen molar-refractivity contribution in [3.63, 3.8) is 0 Å². The molecule has 0 spiro atoms. The molecule has 1 aliphatic rings. The first-order valence-corrected chi connectivity index (χ1v) is 8.20. The highest BCUT2D eigenvalue weighted by atomic mass is 16.5. The first kappa shape index (κ1) is 17.3. The largest absolute Gasteiger partial charge is 0.496 e. The van der Waals surface area contributed by atoms with Gasteiger partial charge in [-0.1, -0.05) is 6.92 Å². The van der Waals surface area contributed by atoms with Gasteiger partial charge in [-0.15, -0.1) is 0 Å². The summed E-state index contributed by atoms with van der Waals surface area (Å²) in [4.78, 5) is 28.4. The smallest absolute Gasteiger partial charge is 0.254 e. The minimum Gasteiger partial charge on any atom is -0.496 e. The monoisotopic (exact) mass is 318 g/mol. The van der Waals surface area contributed by atoms with Gasteiger partial charge in [-0.2, -0.15) is 0 Å². The predicted molar refractivity (Wildman–Crippen MR) is 89.9 cm³/mol. The number of methoxy groups -OCH3 is 1. The van der Waals surface area contributed by atoms with Crippen molar-refractivity contribution in [2.75, 3.05) is 33.3 Å². The average molecular weight is 318 g/mol. The number of rotatable bonds is 3. The fourth-order valence-corrected chi connectivity index (χ4v) is 3.01. The summed E-state index contributed by atoms with van der Waals surface area (Å²) < 4.78 is 5.31. The molecule has 1 saturated heterocycles. The van der Waals surface area contributed by atoms with Crippen molar-refractivity contribution < 1.29 is 14.3 Å². The van der Waals surface area contributed by atoms with Crippen LogP contribution in [0.3, 0.4) is 0 Å². The molecule has 1 fully saturated rings. The van der Waals surface area contributed by atoms with Gasteiger partial charge >= 0.3 is 0 Å². The number of carbonyl (C=O) groups excluding carboxylic acids is 2. The van der Waals surface area contributed by atoms with Crippen LogP contribution in [0.4, 0.5) is 0 Å². The molecule has 126 valence electrons. The quantitative estimate of drug-likeness (QED) is 0.860. The highest BCUT2D eigenvalue weighted by Crippen LogP contribution is 2.25. The number of carbonyl (C=O) groups is 2. The summed E-state index contributed by atoms with van der Waals surface area (Å²) >= 11 is 0. The molecule has 1 aliphatic heterocycles. The molecule has 1 aromatic rings. The molecule has 0 saturated carbocycles. The van der Waals surface area contributed by atoms with Gasteiger partial charge in [0.1, 0.15) is 5.75 Å². The van der Waals surface area contributed by atoms with Crippen molar-refractivity contribution in [3.05, 3.63) is 28.8 Å². The van der Waals surface area contributed by atoms with Crippen LogP contribution in [0.5, 0.6) is 5.75 Å². The fraction of sp³-hybridized carbons (Fsp3) is 0.556. The Morgan fingerprint density at radius 2 is 1.70 bits per heavy atom. The zero-order valence-corrected chi connectivity index (χ0v) is 14.5. The highest BCUT2D eigenvalue weighted by molar-refractivity contribution is 5.96. The van der Waals surface area contributed by atoms with Crippen molar-refractivity contribution in [3.8, 4) is 5.75 Å². The second-order valence-corrected chi connectivity index (χ2v) is 5.95. The Kier molecular flexibility index (Phi) is 5.64. The van der Waals surface area contributed by atoms with Crippen molar-refractivity contribution in [1.29, 1.82) is 0 Å². The lowest BCUT2D eigenvalue weighted by atomic mass is 10.0. The summed E-state index contributed by atoms with van der Waals surface area (Å²) in [6.45, 7) is 8.43. The minimum absolute atomic E-state index is 0.0408. The first-order valence-electron chi connectivity index (χ1n) is 8.20. The summed E-state index contributed by atoms with van der Waals surface area (Å²) in [5, 5.41) is 0. The molecular formula is C18H26N2O3. The van der Waals surface area contributed by atoms with Crippen LogP contribution < -0.4 is 4.74 Å². The number of benzene rings is 1. The average Bonchev–Trinajstić information content (AvgIpc) is 2.82. The molecule has 0 aromatic heterocycles. The van der Waals surface area contributed by atoms with E-state index in [0.717, 1.165) is 35.4 Å². The third-order valence-corrected chi connectivity index (χ3v) is 4.63. The van der Waals surface area contributed by atoms with E-state index in [1.54, 1.807) is 7.11 Å². The normalized spacial score (nSPS) is 15.3. The van der Waals surface area contributed by atoms with Gasteiger partial charge in [0.05, 0.1) is 7.11 Å². The topological polar surface area (TPSA) is 49.9 Å². The molecule has 2 amide bonds. The summed E-state index contributed by atoms with van der Waals surface area (Å²) in [6, 6.07) is 3.68. The van der Waals surface area contributed by atoms with Crippen LogP contribution in [0.1, 0.15) is 41.3 Å². The maximum atomic E-state index is 12.9. The summed E-state index contributed by atoms with van der Waals surface area (Å²) in [6.07, 6.45) is 1.34. The van der Waals surface area contributed by atoms with E-state index in [4.69, 9.17) is 4.74 Å².